The van der Waals surface area contributed by atoms with Crippen molar-refractivity contribution in [1.29, 1.82) is 0 Å². The first kappa shape index (κ1) is 13.5. The summed E-state index contributed by atoms with van der Waals surface area (Å²) in [6.07, 6.45) is 1.94. The van der Waals surface area contributed by atoms with Gasteiger partial charge in [0.1, 0.15) is 5.69 Å². The Morgan fingerprint density at radius 2 is 1.85 bits per heavy atom. The molecule has 1 aromatic heterocycles. The van der Waals surface area contributed by atoms with Crippen molar-refractivity contribution in [3.05, 3.63) is 63.2 Å². The van der Waals surface area contributed by atoms with Gasteiger partial charge in [0.05, 0.1) is 11.9 Å². The van der Waals surface area contributed by atoms with Crippen LogP contribution in [0.15, 0.2) is 57.6 Å². The van der Waals surface area contributed by atoms with E-state index in [1.807, 2.05) is 36.5 Å². The highest BCUT2D eigenvalue weighted by molar-refractivity contribution is 9.11. The normalized spacial score (nSPS) is 10.8. The SMILES string of the molecule is Cc1ccccc1-c1cn(-c2cc(Br)ccc2Br)nn1. The molecule has 100 valence electrons. The maximum absolute atomic E-state index is 4.27. The Balaban J connectivity index is 2.07. The van der Waals surface area contributed by atoms with Gasteiger partial charge in [-0.1, -0.05) is 45.4 Å². The van der Waals surface area contributed by atoms with Crippen LogP contribution in [0.5, 0.6) is 0 Å². The Labute approximate surface area is 133 Å². The molecule has 1 heterocycles. The number of halogens is 2. The van der Waals surface area contributed by atoms with Crippen molar-refractivity contribution >= 4 is 31.9 Å². The molecule has 5 heteroatoms. The summed E-state index contributed by atoms with van der Waals surface area (Å²) in [5, 5.41) is 8.49. The van der Waals surface area contributed by atoms with Crippen LogP contribution < -0.4 is 0 Å². The minimum Gasteiger partial charge on any atom is -0.219 e. The second-order valence-corrected chi connectivity index (χ2v) is 6.23. The predicted octanol–water partition coefficient (Wildman–Crippen LogP) is 4.77. The predicted molar refractivity (Wildman–Crippen MR) is 86.9 cm³/mol. The molecule has 0 aliphatic carbocycles. The Morgan fingerprint density at radius 3 is 2.65 bits per heavy atom. The van der Waals surface area contributed by atoms with Crippen LogP contribution in [0.2, 0.25) is 0 Å². The molecule has 3 rings (SSSR count). The van der Waals surface area contributed by atoms with Crippen molar-refractivity contribution in [2.75, 3.05) is 0 Å². The first-order valence-electron chi connectivity index (χ1n) is 6.09. The number of aromatic nitrogens is 3. The molecule has 0 saturated heterocycles. The third-order valence-electron chi connectivity index (χ3n) is 3.07. The molecular weight excluding hydrogens is 382 g/mol. The summed E-state index contributed by atoms with van der Waals surface area (Å²) < 4.78 is 3.75. The Bertz CT molecular complexity index is 765. The van der Waals surface area contributed by atoms with E-state index in [4.69, 9.17) is 0 Å². The lowest BCUT2D eigenvalue weighted by atomic mass is 10.1. The molecule has 0 bridgehead atoms. The standard InChI is InChI=1S/C15H11Br2N3/c1-10-4-2-3-5-12(10)14-9-20(19-18-14)15-8-11(16)6-7-13(15)17/h2-9H,1H3. The monoisotopic (exact) mass is 391 g/mol. The maximum Gasteiger partial charge on any atom is 0.113 e. The van der Waals surface area contributed by atoms with Crippen molar-refractivity contribution in [2.45, 2.75) is 6.92 Å². The lowest BCUT2D eigenvalue weighted by Gasteiger charge is -2.04. The van der Waals surface area contributed by atoms with Gasteiger partial charge in [-0.3, -0.25) is 0 Å². The number of hydrogen-bond donors (Lipinski definition) is 0. The average molecular weight is 393 g/mol. The van der Waals surface area contributed by atoms with E-state index in [0.29, 0.717) is 0 Å². The topological polar surface area (TPSA) is 30.7 Å². The molecule has 20 heavy (non-hydrogen) atoms. The smallest absolute Gasteiger partial charge is 0.113 e. The largest absolute Gasteiger partial charge is 0.219 e. The third-order valence-corrected chi connectivity index (χ3v) is 4.23. The second kappa shape index (κ2) is 5.50. The third kappa shape index (κ3) is 2.55. The van der Waals surface area contributed by atoms with Crippen LogP contribution in [0.1, 0.15) is 5.56 Å². The van der Waals surface area contributed by atoms with Crippen molar-refractivity contribution in [2.24, 2.45) is 0 Å². The summed E-state index contributed by atoms with van der Waals surface area (Å²) in [6, 6.07) is 14.1. The van der Waals surface area contributed by atoms with Gasteiger partial charge in [0.15, 0.2) is 0 Å². The van der Waals surface area contributed by atoms with Gasteiger partial charge in [0, 0.05) is 14.5 Å². The fraction of sp³-hybridized carbons (Fsp3) is 0.0667. The molecule has 0 aliphatic rings. The summed E-state index contributed by atoms with van der Waals surface area (Å²) in [5.41, 5.74) is 4.11. The van der Waals surface area contributed by atoms with Gasteiger partial charge in [-0.2, -0.15) is 0 Å². The van der Waals surface area contributed by atoms with Gasteiger partial charge in [0.25, 0.3) is 0 Å². The van der Waals surface area contributed by atoms with Crippen LogP contribution in [0.25, 0.3) is 16.9 Å². The van der Waals surface area contributed by atoms with Gasteiger partial charge < -0.3 is 0 Å². The zero-order valence-corrected chi connectivity index (χ0v) is 13.9. The second-order valence-electron chi connectivity index (χ2n) is 4.46. The Hall–Kier alpha value is -1.46. The van der Waals surface area contributed by atoms with E-state index in [-0.39, 0.29) is 0 Å². The van der Waals surface area contributed by atoms with E-state index in [0.717, 1.165) is 25.9 Å². The van der Waals surface area contributed by atoms with Crippen molar-refractivity contribution < 1.29 is 0 Å². The van der Waals surface area contributed by atoms with E-state index in [9.17, 15) is 0 Å². The molecule has 0 amide bonds. The summed E-state index contributed by atoms with van der Waals surface area (Å²) >= 11 is 7.01. The van der Waals surface area contributed by atoms with Crippen LogP contribution in [0.4, 0.5) is 0 Å². The maximum atomic E-state index is 4.27. The highest BCUT2D eigenvalue weighted by atomic mass is 79.9. The van der Waals surface area contributed by atoms with E-state index in [1.165, 1.54) is 5.56 Å². The summed E-state index contributed by atoms with van der Waals surface area (Å²) in [6.45, 7) is 2.07. The molecule has 2 aromatic carbocycles. The molecule has 0 spiro atoms. The van der Waals surface area contributed by atoms with Crippen LogP contribution in [-0.2, 0) is 0 Å². The molecule has 0 radical (unpaired) electrons. The van der Waals surface area contributed by atoms with Crippen LogP contribution in [0, 0.1) is 6.92 Å². The first-order valence-corrected chi connectivity index (χ1v) is 7.67. The van der Waals surface area contributed by atoms with E-state index in [2.05, 4.69) is 61.2 Å². The lowest BCUT2D eigenvalue weighted by Crippen LogP contribution is -1.95. The molecule has 0 unspecified atom stereocenters. The number of hydrogen-bond acceptors (Lipinski definition) is 2. The fourth-order valence-corrected chi connectivity index (χ4v) is 2.80. The number of rotatable bonds is 2. The van der Waals surface area contributed by atoms with Gasteiger partial charge in [-0.15, -0.1) is 5.10 Å². The molecule has 0 saturated carbocycles. The first-order chi connectivity index (χ1) is 9.65. The van der Waals surface area contributed by atoms with E-state index in [1.54, 1.807) is 4.68 Å². The Kier molecular flexibility index (Phi) is 3.72. The minimum absolute atomic E-state index is 0.870. The highest BCUT2D eigenvalue weighted by Gasteiger charge is 2.09. The van der Waals surface area contributed by atoms with Crippen molar-refractivity contribution in [1.82, 2.24) is 15.0 Å². The summed E-state index contributed by atoms with van der Waals surface area (Å²) in [7, 11) is 0. The van der Waals surface area contributed by atoms with Gasteiger partial charge in [-0.25, -0.2) is 4.68 Å². The van der Waals surface area contributed by atoms with E-state index >= 15 is 0 Å². The Morgan fingerprint density at radius 1 is 1.05 bits per heavy atom. The molecular formula is C15H11Br2N3. The van der Waals surface area contributed by atoms with Crippen LogP contribution >= 0.6 is 31.9 Å². The molecule has 0 aliphatic heterocycles. The molecule has 0 fully saturated rings. The molecule has 3 aromatic rings. The number of nitrogens with zero attached hydrogens (tertiary/aromatic N) is 3. The quantitative estimate of drug-likeness (QED) is 0.628. The van der Waals surface area contributed by atoms with Crippen molar-refractivity contribution in [3.8, 4) is 16.9 Å². The van der Waals surface area contributed by atoms with Crippen LogP contribution in [0.3, 0.4) is 0 Å². The van der Waals surface area contributed by atoms with Gasteiger partial charge >= 0.3 is 0 Å². The minimum atomic E-state index is 0.870. The van der Waals surface area contributed by atoms with Gasteiger partial charge in [0.2, 0.25) is 0 Å². The van der Waals surface area contributed by atoms with Crippen LogP contribution in [-0.4, -0.2) is 15.0 Å². The molecule has 0 atom stereocenters. The zero-order chi connectivity index (χ0) is 14.1. The number of aryl methyl sites for hydroxylation is 1. The zero-order valence-electron chi connectivity index (χ0n) is 10.7. The summed E-state index contributed by atoms with van der Waals surface area (Å²) in [4.78, 5) is 0. The number of benzene rings is 2. The lowest BCUT2D eigenvalue weighted by molar-refractivity contribution is 0.800. The fourth-order valence-electron chi connectivity index (χ4n) is 2.03. The van der Waals surface area contributed by atoms with Crippen molar-refractivity contribution in [3.63, 3.8) is 0 Å². The average Bonchev–Trinajstić information content (AvgIpc) is 2.91. The van der Waals surface area contributed by atoms with E-state index < -0.39 is 0 Å². The highest BCUT2D eigenvalue weighted by Crippen LogP contribution is 2.26. The molecule has 0 N–H and O–H groups in total. The van der Waals surface area contributed by atoms with Gasteiger partial charge in [-0.05, 0) is 46.6 Å². The molecule has 3 nitrogen and oxygen atoms in total. The summed E-state index contributed by atoms with van der Waals surface area (Å²) in [5.74, 6) is 0.